The molecule has 1 aromatic carbocycles. The van der Waals surface area contributed by atoms with Crippen molar-refractivity contribution in [2.45, 2.75) is 50.4 Å². The predicted molar refractivity (Wildman–Crippen MR) is 103 cm³/mol. The van der Waals surface area contributed by atoms with Crippen LogP contribution in [0.5, 0.6) is 0 Å². The largest absolute Gasteiger partial charge is 0.321 e. The van der Waals surface area contributed by atoms with Gasteiger partial charge in [-0.3, -0.25) is 19.7 Å². The minimum atomic E-state index is -0.706. The number of hydrogen-bond acceptors (Lipinski definition) is 5. The Morgan fingerprint density at radius 2 is 1.96 bits per heavy atom. The average Bonchev–Trinajstić information content (AvgIpc) is 3.55. The zero-order valence-corrected chi connectivity index (χ0v) is 15.7. The molecule has 3 amide bonds. The summed E-state index contributed by atoms with van der Waals surface area (Å²) in [5.74, 6) is 0.338. The maximum atomic E-state index is 12.5. The van der Waals surface area contributed by atoms with Gasteiger partial charge in [0.1, 0.15) is 11.5 Å². The van der Waals surface area contributed by atoms with Gasteiger partial charge in [0, 0.05) is 24.2 Å². The van der Waals surface area contributed by atoms with Gasteiger partial charge in [-0.1, -0.05) is 19.1 Å². The highest BCUT2D eigenvalue weighted by molar-refractivity contribution is 6.04. The van der Waals surface area contributed by atoms with E-state index in [-0.39, 0.29) is 17.7 Å². The van der Waals surface area contributed by atoms with Crippen molar-refractivity contribution in [1.82, 2.24) is 15.3 Å². The van der Waals surface area contributed by atoms with Gasteiger partial charge in [-0.2, -0.15) is 0 Å². The van der Waals surface area contributed by atoms with E-state index in [2.05, 4.69) is 20.6 Å². The number of amides is 3. The molecule has 28 heavy (non-hydrogen) atoms. The summed E-state index contributed by atoms with van der Waals surface area (Å²) < 4.78 is 0. The summed E-state index contributed by atoms with van der Waals surface area (Å²) in [6.07, 6.45) is 5.19. The van der Waals surface area contributed by atoms with Crippen LogP contribution in [0.2, 0.25) is 0 Å². The summed E-state index contributed by atoms with van der Waals surface area (Å²) in [4.78, 5) is 45.1. The Morgan fingerprint density at radius 3 is 2.61 bits per heavy atom. The number of carbonyl (C=O) groups excluding carboxylic acids is 3. The number of nitrogens with zero attached hydrogens (tertiary/aromatic N) is 2. The minimum Gasteiger partial charge on any atom is -0.321 e. The van der Waals surface area contributed by atoms with Gasteiger partial charge in [-0.25, -0.2) is 9.97 Å². The Morgan fingerprint density at radius 1 is 1.21 bits per heavy atom. The molecule has 2 heterocycles. The molecule has 2 N–H and O–H groups in total. The summed E-state index contributed by atoms with van der Waals surface area (Å²) in [7, 11) is 0. The molecule has 2 aliphatic rings. The summed E-state index contributed by atoms with van der Waals surface area (Å²) in [5, 5.41) is 5.29. The number of piperidine rings is 1. The molecule has 1 saturated carbocycles. The fraction of sp³-hybridized carbons (Fsp3) is 0.381. The highest BCUT2D eigenvalue weighted by Gasteiger charge is 2.42. The van der Waals surface area contributed by atoms with Gasteiger partial charge in [0.25, 0.3) is 5.91 Å². The van der Waals surface area contributed by atoms with Crippen molar-refractivity contribution < 1.29 is 14.4 Å². The first-order valence-electron chi connectivity index (χ1n) is 9.61. The van der Waals surface area contributed by atoms with Crippen molar-refractivity contribution in [2.24, 2.45) is 0 Å². The van der Waals surface area contributed by atoms with E-state index in [1.54, 1.807) is 24.4 Å². The lowest BCUT2D eigenvalue weighted by atomic mass is 9.72. The van der Waals surface area contributed by atoms with Crippen LogP contribution in [0.3, 0.4) is 0 Å². The first-order chi connectivity index (χ1) is 13.5. The van der Waals surface area contributed by atoms with Crippen LogP contribution in [0.15, 0.2) is 36.5 Å². The standard InChI is InChI=1S/C21H22N4O3/c1-2-21(11-9-17(26)25-20(21)28)14-5-7-15(8-6-14)23-19(27)16-10-12-22-18(24-16)13-3-4-13/h5-8,10,12-13H,2-4,9,11H2,1H3,(H,23,27)(H,25,26,28). The van der Waals surface area contributed by atoms with Crippen molar-refractivity contribution >= 4 is 23.4 Å². The van der Waals surface area contributed by atoms with Gasteiger partial charge >= 0.3 is 0 Å². The molecular weight excluding hydrogens is 356 g/mol. The molecule has 2 aromatic rings. The minimum absolute atomic E-state index is 0.228. The Kier molecular flexibility index (Phi) is 4.66. The number of hydrogen-bond donors (Lipinski definition) is 2. The molecule has 144 valence electrons. The quantitative estimate of drug-likeness (QED) is 0.779. The molecule has 1 aromatic heterocycles. The molecule has 7 nitrogen and oxygen atoms in total. The third kappa shape index (κ3) is 3.40. The number of nitrogens with one attached hydrogen (secondary N) is 2. The van der Waals surface area contributed by atoms with Crippen molar-refractivity contribution in [3.8, 4) is 0 Å². The van der Waals surface area contributed by atoms with Crippen molar-refractivity contribution in [1.29, 1.82) is 0 Å². The van der Waals surface area contributed by atoms with Gasteiger partial charge in [0.15, 0.2) is 0 Å². The van der Waals surface area contributed by atoms with E-state index in [0.29, 0.717) is 36.6 Å². The highest BCUT2D eigenvalue weighted by atomic mass is 16.2. The van der Waals surface area contributed by atoms with Gasteiger partial charge in [-0.15, -0.1) is 0 Å². The van der Waals surface area contributed by atoms with E-state index in [1.807, 2.05) is 19.1 Å². The lowest BCUT2D eigenvalue weighted by molar-refractivity contribution is -0.138. The number of aromatic nitrogens is 2. The maximum Gasteiger partial charge on any atom is 0.274 e. The molecule has 0 radical (unpaired) electrons. The van der Waals surface area contributed by atoms with Crippen LogP contribution in [0.25, 0.3) is 0 Å². The number of carbonyl (C=O) groups is 3. The summed E-state index contributed by atoms with van der Waals surface area (Å²) in [6.45, 7) is 1.94. The smallest absolute Gasteiger partial charge is 0.274 e. The molecule has 1 aliphatic carbocycles. The molecule has 1 saturated heterocycles. The average molecular weight is 378 g/mol. The second-order valence-electron chi connectivity index (χ2n) is 7.42. The van der Waals surface area contributed by atoms with E-state index >= 15 is 0 Å². The van der Waals surface area contributed by atoms with Crippen LogP contribution in [0, 0.1) is 0 Å². The fourth-order valence-electron chi connectivity index (χ4n) is 3.67. The second kappa shape index (κ2) is 7.14. The van der Waals surface area contributed by atoms with E-state index in [1.165, 1.54) is 0 Å². The fourth-order valence-corrected chi connectivity index (χ4v) is 3.67. The normalized spacial score (nSPS) is 21.9. The summed E-state index contributed by atoms with van der Waals surface area (Å²) >= 11 is 0. The van der Waals surface area contributed by atoms with Crippen LogP contribution < -0.4 is 10.6 Å². The maximum absolute atomic E-state index is 12.5. The molecule has 2 fully saturated rings. The monoisotopic (exact) mass is 378 g/mol. The molecule has 1 aliphatic heterocycles. The zero-order chi connectivity index (χ0) is 19.7. The number of benzene rings is 1. The van der Waals surface area contributed by atoms with Crippen LogP contribution in [-0.2, 0) is 15.0 Å². The molecule has 0 spiro atoms. The second-order valence-corrected chi connectivity index (χ2v) is 7.42. The lowest BCUT2D eigenvalue weighted by Gasteiger charge is -2.35. The summed E-state index contributed by atoms with van der Waals surface area (Å²) in [6, 6.07) is 8.83. The van der Waals surface area contributed by atoms with Crippen molar-refractivity contribution in [3.05, 3.63) is 53.6 Å². The molecule has 0 bridgehead atoms. The Hall–Kier alpha value is -3.09. The third-order valence-corrected chi connectivity index (χ3v) is 5.61. The van der Waals surface area contributed by atoms with Crippen molar-refractivity contribution in [2.75, 3.05) is 5.32 Å². The van der Waals surface area contributed by atoms with Crippen LogP contribution in [-0.4, -0.2) is 27.7 Å². The van der Waals surface area contributed by atoms with Gasteiger partial charge in [-0.05, 0) is 49.4 Å². The molecular formula is C21H22N4O3. The topological polar surface area (TPSA) is 101 Å². The van der Waals surface area contributed by atoms with E-state index < -0.39 is 5.41 Å². The third-order valence-electron chi connectivity index (χ3n) is 5.61. The molecule has 7 heteroatoms. The van der Waals surface area contributed by atoms with Gasteiger partial charge in [0.2, 0.25) is 11.8 Å². The van der Waals surface area contributed by atoms with E-state index in [9.17, 15) is 14.4 Å². The molecule has 1 unspecified atom stereocenters. The van der Waals surface area contributed by atoms with E-state index in [0.717, 1.165) is 24.2 Å². The van der Waals surface area contributed by atoms with Crippen molar-refractivity contribution in [3.63, 3.8) is 0 Å². The predicted octanol–water partition coefficient (Wildman–Crippen LogP) is 2.69. The van der Waals surface area contributed by atoms with Crippen LogP contribution in [0.1, 0.15) is 66.8 Å². The van der Waals surface area contributed by atoms with Gasteiger partial charge in [0.05, 0.1) is 5.41 Å². The Balaban J connectivity index is 1.50. The molecule has 1 atom stereocenters. The number of anilines is 1. The van der Waals surface area contributed by atoms with Crippen LogP contribution >= 0.6 is 0 Å². The Bertz CT molecular complexity index is 937. The SMILES string of the molecule is CCC1(c2ccc(NC(=O)c3ccnc(C4CC4)n3)cc2)CCC(=O)NC1=O. The first kappa shape index (κ1) is 18.3. The highest BCUT2D eigenvalue weighted by Crippen LogP contribution is 2.38. The molecule has 4 rings (SSSR count). The number of imide groups is 1. The number of rotatable bonds is 5. The lowest BCUT2D eigenvalue weighted by Crippen LogP contribution is -2.51. The Labute approximate surface area is 163 Å². The first-order valence-corrected chi connectivity index (χ1v) is 9.61. The van der Waals surface area contributed by atoms with E-state index in [4.69, 9.17) is 0 Å². The van der Waals surface area contributed by atoms with Crippen LogP contribution in [0.4, 0.5) is 5.69 Å². The summed E-state index contributed by atoms with van der Waals surface area (Å²) in [5.41, 5.74) is 1.11. The van der Waals surface area contributed by atoms with Gasteiger partial charge < -0.3 is 5.32 Å². The zero-order valence-electron chi connectivity index (χ0n) is 15.7.